The molecule has 3 rings (SSSR count). The van der Waals surface area contributed by atoms with Gasteiger partial charge in [-0.15, -0.1) is 0 Å². The first-order chi connectivity index (χ1) is 10.1. The molecular formula is C18H16N2O. The molecule has 1 aliphatic rings. The van der Waals surface area contributed by atoms with Gasteiger partial charge in [0.15, 0.2) is 0 Å². The molecule has 1 aromatic carbocycles. The van der Waals surface area contributed by atoms with Gasteiger partial charge in [0, 0.05) is 17.3 Å². The van der Waals surface area contributed by atoms with Crippen LogP contribution in [0, 0.1) is 11.3 Å². The lowest BCUT2D eigenvalue weighted by molar-refractivity contribution is 0.132. The average molecular weight is 276 g/mol. The maximum atomic E-state index is 9.12. The molecule has 0 saturated carbocycles. The molecule has 0 fully saturated rings. The molecule has 2 heterocycles. The summed E-state index contributed by atoms with van der Waals surface area (Å²) in [7, 11) is 0. The lowest BCUT2D eigenvalue weighted by atomic mass is 9.89. The molecular weight excluding hydrogens is 260 g/mol. The molecule has 3 nitrogen and oxygen atoms in total. The van der Waals surface area contributed by atoms with Gasteiger partial charge in [0.25, 0.3) is 0 Å². The van der Waals surface area contributed by atoms with Crippen LogP contribution in [0.5, 0.6) is 5.75 Å². The Morgan fingerprint density at radius 1 is 1.29 bits per heavy atom. The van der Waals surface area contributed by atoms with Crippen LogP contribution in [0.3, 0.4) is 0 Å². The van der Waals surface area contributed by atoms with Crippen LogP contribution >= 0.6 is 0 Å². The van der Waals surface area contributed by atoms with E-state index in [1.54, 1.807) is 12.3 Å². The molecule has 0 saturated heterocycles. The molecule has 0 spiro atoms. The zero-order valence-corrected chi connectivity index (χ0v) is 12.1. The molecule has 1 unspecified atom stereocenters. The highest BCUT2D eigenvalue weighted by Gasteiger charge is 2.30. The van der Waals surface area contributed by atoms with Crippen molar-refractivity contribution in [2.75, 3.05) is 0 Å². The maximum Gasteiger partial charge on any atom is 0.128 e. The summed E-state index contributed by atoms with van der Waals surface area (Å²) in [6.45, 7) is 4.16. The van der Waals surface area contributed by atoms with E-state index in [4.69, 9.17) is 10.00 Å². The average Bonchev–Trinajstić information content (AvgIpc) is 2.54. The summed E-state index contributed by atoms with van der Waals surface area (Å²) >= 11 is 0. The lowest BCUT2D eigenvalue weighted by Gasteiger charge is -2.33. The van der Waals surface area contributed by atoms with Gasteiger partial charge in [0.1, 0.15) is 11.4 Å². The van der Waals surface area contributed by atoms with Crippen LogP contribution < -0.4 is 4.74 Å². The first kappa shape index (κ1) is 13.4. The fourth-order valence-corrected chi connectivity index (χ4v) is 2.47. The summed E-state index contributed by atoms with van der Waals surface area (Å²) < 4.78 is 6.11. The van der Waals surface area contributed by atoms with Gasteiger partial charge in [0.2, 0.25) is 0 Å². The molecule has 3 heteroatoms. The van der Waals surface area contributed by atoms with E-state index in [0.29, 0.717) is 5.56 Å². The van der Waals surface area contributed by atoms with Crippen molar-refractivity contribution in [1.82, 2.24) is 4.98 Å². The van der Waals surface area contributed by atoms with E-state index in [-0.39, 0.29) is 5.60 Å². The normalized spacial score (nSPS) is 20.0. The first-order valence-electron chi connectivity index (χ1n) is 7.03. The van der Waals surface area contributed by atoms with Gasteiger partial charge in [-0.2, -0.15) is 5.26 Å². The number of hydrogen-bond acceptors (Lipinski definition) is 3. The second kappa shape index (κ2) is 5.06. The van der Waals surface area contributed by atoms with Crippen LogP contribution in [-0.2, 0) is 0 Å². The molecule has 0 amide bonds. The third-order valence-electron chi connectivity index (χ3n) is 3.83. The van der Waals surface area contributed by atoms with E-state index in [1.165, 1.54) is 0 Å². The van der Waals surface area contributed by atoms with E-state index in [9.17, 15) is 0 Å². The molecule has 2 aromatic rings. The fourth-order valence-electron chi connectivity index (χ4n) is 2.47. The van der Waals surface area contributed by atoms with Crippen molar-refractivity contribution >= 4 is 5.57 Å². The number of ether oxygens (including phenoxy) is 1. The van der Waals surface area contributed by atoms with Crippen LogP contribution in [0.25, 0.3) is 5.57 Å². The molecule has 104 valence electrons. The minimum atomic E-state index is -0.353. The van der Waals surface area contributed by atoms with Crippen molar-refractivity contribution in [1.29, 1.82) is 5.26 Å². The van der Waals surface area contributed by atoms with Crippen molar-refractivity contribution in [3.63, 3.8) is 0 Å². The number of hydrogen-bond donors (Lipinski definition) is 0. The largest absolute Gasteiger partial charge is 0.483 e. The van der Waals surface area contributed by atoms with Crippen molar-refractivity contribution in [3.05, 3.63) is 65.5 Å². The molecule has 1 atom stereocenters. The van der Waals surface area contributed by atoms with Gasteiger partial charge in [0.05, 0.1) is 17.3 Å². The van der Waals surface area contributed by atoms with Gasteiger partial charge in [-0.1, -0.05) is 13.0 Å². The Hall–Kier alpha value is -2.60. The number of nitriles is 1. The summed E-state index contributed by atoms with van der Waals surface area (Å²) in [5.74, 6) is 0.807. The van der Waals surface area contributed by atoms with Crippen molar-refractivity contribution < 1.29 is 4.74 Å². The van der Waals surface area contributed by atoms with Gasteiger partial charge < -0.3 is 4.74 Å². The Bertz CT molecular complexity index is 744. The Kier molecular flexibility index (Phi) is 3.23. The standard InChI is InChI=1S/C18H16N2O/c1-3-18(2)11-15(16-6-4-5-9-20-16)14-10-13(12-19)7-8-17(14)21-18/h4-11H,3H2,1-2H3. The summed E-state index contributed by atoms with van der Waals surface area (Å²) in [5.41, 5.74) is 3.13. The molecule has 21 heavy (non-hydrogen) atoms. The van der Waals surface area contributed by atoms with Crippen molar-refractivity contribution in [3.8, 4) is 11.8 Å². The van der Waals surface area contributed by atoms with Crippen molar-refractivity contribution in [2.45, 2.75) is 25.9 Å². The van der Waals surface area contributed by atoms with E-state index < -0.39 is 0 Å². The van der Waals surface area contributed by atoms with E-state index >= 15 is 0 Å². The monoisotopic (exact) mass is 276 g/mol. The Morgan fingerprint density at radius 3 is 2.81 bits per heavy atom. The molecule has 0 aliphatic carbocycles. The Balaban J connectivity index is 2.22. The number of nitrogens with zero attached hydrogens (tertiary/aromatic N) is 2. The van der Waals surface area contributed by atoms with Crippen LogP contribution in [0.1, 0.15) is 37.1 Å². The summed E-state index contributed by atoms with van der Waals surface area (Å²) in [6.07, 6.45) is 4.75. The third kappa shape index (κ3) is 2.41. The number of fused-ring (bicyclic) bond motifs is 1. The highest BCUT2D eigenvalue weighted by atomic mass is 16.5. The summed E-state index contributed by atoms with van der Waals surface area (Å²) in [6, 6.07) is 13.6. The predicted molar refractivity (Wildman–Crippen MR) is 81.8 cm³/mol. The van der Waals surface area contributed by atoms with Crippen LogP contribution in [0.4, 0.5) is 0 Å². The van der Waals surface area contributed by atoms with Gasteiger partial charge >= 0.3 is 0 Å². The quantitative estimate of drug-likeness (QED) is 0.834. The highest BCUT2D eigenvalue weighted by molar-refractivity contribution is 5.83. The fraction of sp³-hybridized carbons (Fsp3) is 0.222. The molecule has 0 bridgehead atoms. The molecule has 1 aliphatic heterocycles. The lowest BCUT2D eigenvalue weighted by Crippen LogP contribution is -2.32. The second-order valence-corrected chi connectivity index (χ2v) is 5.36. The number of aromatic nitrogens is 1. The SMILES string of the molecule is CCC1(C)C=C(c2ccccn2)c2cc(C#N)ccc2O1. The Morgan fingerprint density at radius 2 is 2.14 bits per heavy atom. The van der Waals surface area contributed by atoms with Gasteiger partial charge in [-0.05, 0) is 49.8 Å². The zero-order chi connectivity index (χ0) is 14.9. The topological polar surface area (TPSA) is 45.9 Å². The smallest absolute Gasteiger partial charge is 0.128 e. The van der Waals surface area contributed by atoms with E-state index in [1.807, 2.05) is 30.3 Å². The maximum absolute atomic E-state index is 9.12. The predicted octanol–water partition coefficient (Wildman–Crippen LogP) is 3.95. The number of pyridine rings is 1. The minimum Gasteiger partial charge on any atom is -0.483 e. The molecule has 0 radical (unpaired) electrons. The number of benzene rings is 1. The zero-order valence-electron chi connectivity index (χ0n) is 12.1. The highest BCUT2D eigenvalue weighted by Crippen LogP contribution is 2.40. The van der Waals surface area contributed by atoms with E-state index in [2.05, 4.69) is 31.0 Å². The summed E-state index contributed by atoms with van der Waals surface area (Å²) in [5, 5.41) is 9.12. The van der Waals surface area contributed by atoms with Crippen LogP contribution in [-0.4, -0.2) is 10.6 Å². The minimum absolute atomic E-state index is 0.353. The van der Waals surface area contributed by atoms with Gasteiger partial charge in [-0.25, -0.2) is 0 Å². The first-order valence-corrected chi connectivity index (χ1v) is 7.03. The van der Waals surface area contributed by atoms with Crippen LogP contribution in [0.15, 0.2) is 48.7 Å². The third-order valence-corrected chi connectivity index (χ3v) is 3.83. The van der Waals surface area contributed by atoms with Crippen LogP contribution in [0.2, 0.25) is 0 Å². The number of rotatable bonds is 2. The second-order valence-electron chi connectivity index (χ2n) is 5.36. The molecule has 0 N–H and O–H groups in total. The molecule has 1 aromatic heterocycles. The van der Waals surface area contributed by atoms with E-state index in [0.717, 1.165) is 29.0 Å². The van der Waals surface area contributed by atoms with Gasteiger partial charge in [-0.3, -0.25) is 4.98 Å². The Labute approximate surface area is 124 Å². The van der Waals surface area contributed by atoms with Crippen molar-refractivity contribution in [2.24, 2.45) is 0 Å². The summed E-state index contributed by atoms with van der Waals surface area (Å²) in [4.78, 5) is 4.45.